The number of ketones is 1. The Morgan fingerprint density at radius 1 is 1.38 bits per heavy atom. The van der Waals surface area contributed by atoms with Crippen molar-refractivity contribution in [3.8, 4) is 0 Å². The van der Waals surface area contributed by atoms with Crippen LogP contribution in [0.15, 0.2) is 0 Å². The van der Waals surface area contributed by atoms with Crippen LogP contribution in [0.1, 0.15) is 27.2 Å². The summed E-state index contributed by atoms with van der Waals surface area (Å²) in [6.45, 7) is 4.35. The highest BCUT2D eigenvalue weighted by atomic mass is 16.5. The fraction of sp³-hybridized carbons (Fsp3) is 0.778. The summed E-state index contributed by atoms with van der Waals surface area (Å²) in [6, 6.07) is 0. The molecule has 0 bridgehead atoms. The van der Waals surface area contributed by atoms with Gasteiger partial charge < -0.3 is 9.84 Å². The van der Waals surface area contributed by atoms with E-state index in [4.69, 9.17) is 9.84 Å². The Balaban J connectivity index is 4.75. The predicted octanol–water partition coefficient (Wildman–Crippen LogP) is 0.527. The molecular weight excluding hydrogens is 172 g/mol. The zero-order valence-corrected chi connectivity index (χ0v) is 8.29. The van der Waals surface area contributed by atoms with E-state index in [1.807, 2.05) is 0 Å². The molecule has 4 heteroatoms. The SMILES string of the molecule is CCOC(=O)C(CC)(CO)C(C)=O. The average Bonchev–Trinajstić information content (AvgIpc) is 2.07. The number of esters is 1. The number of aliphatic hydroxyl groups is 1. The maximum atomic E-state index is 11.4. The molecule has 0 saturated carbocycles. The molecule has 0 radical (unpaired) electrons. The molecule has 0 fully saturated rings. The zero-order chi connectivity index (χ0) is 10.5. The molecule has 0 spiro atoms. The number of Topliss-reactive ketones (excluding diaryl/α,β-unsaturated/α-hetero) is 1. The largest absolute Gasteiger partial charge is 0.465 e. The molecule has 0 aromatic heterocycles. The Hall–Kier alpha value is -0.900. The molecule has 1 unspecified atom stereocenters. The third-order valence-corrected chi connectivity index (χ3v) is 2.21. The Morgan fingerprint density at radius 2 is 1.92 bits per heavy atom. The van der Waals surface area contributed by atoms with E-state index in [1.165, 1.54) is 6.92 Å². The summed E-state index contributed by atoms with van der Waals surface area (Å²) in [5, 5.41) is 9.02. The van der Waals surface area contributed by atoms with Crippen LogP contribution in [-0.2, 0) is 14.3 Å². The molecule has 1 N–H and O–H groups in total. The van der Waals surface area contributed by atoms with Gasteiger partial charge in [0.2, 0.25) is 0 Å². The predicted molar refractivity (Wildman–Crippen MR) is 47.1 cm³/mol. The summed E-state index contributed by atoms with van der Waals surface area (Å²) in [4.78, 5) is 22.5. The van der Waals surface area contributed by atoms with Crippen LogP contribution in [0.4, 0.5) is 0 Å². The van der Waals surface area contributed by atoms with Crippen LogP contribution in [0.2, 0.25) is 0 Å². The second kappa shape index (κ2) is 4.97. The molecule has 1 atom stereocenters. The molecular formula is C9H16O4. The smallest absolute Gasteiger partial charge is 0.321 e. The highest BCUT2D eigenvalue weighted by molar-refractivity contribution is 6.02. The number of carbonyl (C=O) groups is 2. The third-order valence-electron chi connectivity index (χ3n) is 2.21. The molecule has 0 rings (SSSR count). The molecule has 0 aliphatic rings. The normalized spacial score (nSPS) is 14.8. The van der Waals surface area contributed by atoms with Gasteiger partial charge in [0, 0.05) is 0 Å². The number of rotatable bonds is 5. The number of aliphatic hydroxyl groups excluding tert-OH is 1. The highest BCUT2D eigenvalue weighted by Gasteiger charge is 2.42. The van der Waals surface area contributed by atoms with Gasteiger partial charge in [0.15, 0.2) is 0 Å². The summed E-state index contributed by atoms with van der Waals surface area (Å²) in [7, 11) is 0. The lowest BCUT2D eigenvalue weighted by atomic mass is 9.82. The van der Waals surface area contributed by atoms with Crippen LogP contribution in [0.25, 0.3) is 0 Å². The number of carbonyl (C=O) groups excluding carboxylic acids is 2. The van der Waals surface area contributed by atoms with Gasteiger partial charge in [-0.3, -0.25) is 9.59 Å². The van der Waals surface area contributed by atoms with E-state index < -0.39 is 18.0 Å². The van der Waals surface area contributed by atoms with Crippen LogP contribution >= 0.6 is 0 Å². The van der Waals surface area contributed by atoms with Crippen LogP contribution in [0.5, 0.6) is 0 Å². The van der Waals surface area contributed by atoms with Crippen molar-refractivity contribution in [2.45, 2.75) is 27.2 Å². The molecule has 4 nitrogen and oxygen atoms in total. The number of ether oxygens (including phenoxy) is 1. The van der Waals surface area contributed by atoms with Gasteiger partial charge in [0.25, 0.3) is 0 Å². The maximum Gasteiger partial charge on any atom is 0.321 e. The summed E-state index contributed by atoms with van der Waals surface area (Å²) < 4.78 is 4.73. The topological polar surface area (TPSA) is 63.6 Å². The van der Waals surface area contributed by atoms with Gasteiger partial charge in [-0.1, -0.05) is 6.92 Å². The van der Waals surface area contributed by atoms with Crippen molar-refractivity contribution < 1.29 is 19.4 Å². The molecule has 0 aliphatic carbocycles. The molecule has 0 aromatic rings. The van der Waals surface area contributed by atoms with Crippen LogP contribution in [-0.4, -0.2) is 30.1 Å². The van der Waals surface area contributed by atoms with Crippen molar-refractivity contribution in [3.05, 3.63) is 0 Å². The molecule has 0 aliphatic heterocycles. The quantitative estimate of drug-likeness (QED) is 0.505. The van der Waals surface area contributed by atoms with E-state index in [0.29, 0.717) is 0 Å². The van der Waals surface area contributed by atoms with E-state index in [0.717, 1.165) is 0 Å². The second-order valence-corrected chi connectivity index (χ2v) is 2.87. The Kier molecular flexibility index (Phi) is 4.62. The second-order valence-electron chi connectivity index (χ2n) is 2.87. The monoisotopic (exact) mass is 188 g/mol. The van der Waals surface area contributed by atoms with Gasteiger partial charge in [0.05, 0.1) is 13.2 Å². The Bertz CT molecular complexity index is 194. The molecule has 13 heavy (non-hydrogen) atoms. The van der Waals surface area contributed by atoms with Crippen molar-refractivity contribution in [2.75, 3.05) is 13.2 Å². The summed E-state index contributed by atoms with van der Waals surface area (Å²) in [5.41, 5.74) is -1.35. The minimum Gasteiger partial charge on any atom is -0.465 e. The van der Waals surface area contributed by atoms with E-state index in [-0.39, 0.29) is 18.8 Å². The molecule has 76 valence electrons. The molecule has 0 amide bonds. The fourth-order valence-electron chi connectivity index (χ4n) is 1.09. The van der Waals surface area contributed by atoms with Gasteiger partial charge >= 0.3 is 5.97 Å². The fourth-order valence-corrected chi connectivity index (χ4v) is 1.09. The third kappa shape index (κ3) is 2.28. The summed E-state index contributed by atoms with van der Waals surface area (Å²) >= 11 is 0. The Morgan fingerprint density at radius 3 is 2.15 bits per heavy atom. The molecule has 0 heterocycles. The van der Waals surface area contributed by atoms with Crippen molar-refractivity contribution in [2.24, 2.45) is 5.41 Å². The van der Waals surface area contributed by atoms with Crippen molar-refractivity contribution in [3.63, 3.8) is 0 Å². The lowest BCUT2D eigenvalue weighted by Gasteiger charge is -2.24. The highest BCUT2D eigenvalue weighted by Crippen LogP contribution is 2.24. The Labute approximate surface area is 77.9 Å². The zero-order valence-electron chi connectivity index (χ0n) is 8.29. The van der Waals surface area contributed by atoms with E-state index in [1.54, 1.807) is 13.8 Å². The first-order valence-corrected chi connectivity index (χ1v) is 4.34. The van der Waals surface area contributed by atoms with Crippen molar-refractivity contribution >= 4 is 11.8 Å². The van der Waals surface area contributed by atoms with Crippen LogP contribution in [0.3, 0.4) is 0 Å². The molecule has 0 saturated heterocycles. The first kappa shape index (κ1) is 12.1. The minimum atomic E-state index is -1.35. The van der Waals surface area contributed by atoms with Crippen LogP contribution in [0, 0.1) is 5.41 Å². The van der Waals surface area contributed by atoms with Crippen molar-refractivity contribution in [1.29, 1.82) is 0 Å². The summed E-state index contributed by atoms with van der Waals surface area (Å²) in [5.74, 6) is -0.983. The van der Waals surface area contributed by atoms with E-state index in [9.17, 15) is 9.59 Å². The molecule has 0 aromatic carbocycles. The van der Waals surface area contributed by atoms with Crippen LogP contribution < -0.4 is 0 Å². The van der Waals surface area contributed by atoms with E-state index in [2.05, 4.69) is 0 Å². The van der Waals surface area contributed by atoms with Gasteiger partial charge in [-0.05, 0) is 20.3 Å². The summed E-state index contributed by atoms with van der Waals surface area (Å²) in [6.07, 6.45) is 0.262. The van der Waals surface area contributed by atoms with Gasteiger partial charge in [-0.2, -0.15) is 0 Å². The standard InChI is InChI=1S/C9H16O4/c1-4-9(6-10,7(3)11)8(12)13-5-2/h10H,4-6H2,1-3H3. The minimum absolute atomic E-state index is 0.216. The van der Waals surface area contributed by atoms with Crippen molar-refractivity contribution in [1.82, 2.24) is 0 Å². The first-order valence-electron chi connectivity index (χ1n) is 4.34. The van der Waals surface area contributed by atoms with Gasteiger partial charge in [0.1, 0.15) is 11.2 Å². The average molecular weight is 188 g/mol. The lowest BCUT2D eigenvalue weighted by molar-refractivity contribution is -0.162. The maximum absolute atomic E-state index is 11.4. The number of hydrogen-bond donors (Lipinski definition) is 1. The lowest BCUT2D eigenvalue weighted by Crippen LogP contribution is -2.42. The van der Waals surface area contributed by atoms with E-state index >= 15 is 0 Å². The first-order chi connectivity index (χ1) is 6.05. The van der Waals surface area contributed by atoms with Gasteiger partial charge in [-0.15, -0.1) is 0 Å². The number of hydrogen-bond acceptors (Lipinski definition) is 4. The van der Waals surface area contributed by atoms with Gasteiger partial charge in [-0.25, -0.2) is 0 Å².